The first-order valence-corrected chi connectivity index (χ1v) is 16.7. The van der Waals surface area contributed by atoms with Gasteiger partial charge in [-0.25, -0.2) is 0 Å². The fourth-order valence-electron chi connectivity index (χ4n) is 0.870. The average Bonchev–Trinajstić information content (AvgIpc) is 1.96. The van der Waals surface area contributed by atoms with Gasteiger partial charge in [-0.2, -0.15) is 0 Å². The van der Waals surface area contributed by atoms with Crippen molar-refractivity contribution in [3.8, 4) is 0 Å². The predicted molar refractivity (Wildman–Crippen MR) is 61.2 cm³/mol. The van der Waals surface area contributed by atoms with Crippen LogP contribution in [0.3, 0.4) is 0 Å². The zero-order valence-electron chi connectivity index (χ0n) is 6.90. The van der Waals surface area contributed by atoms with Gasteiger partial charge in [-0.05, 0) is 0 Å². The van der Waals surface area contributed by atoms with Crippen LogP contribution in [0.4, 0.5) is 0 Å². The van der Waals surface area contributed by atoms with Gasteiger partial charge in [0.15, 0.2) is 0 Å². The molecule has 0 N–H and O–H groups in total. The van der Waals surface area contributed by atoms with Crippen LogP contribution in [-0.2, 0) is 0 Å². The molecule has 70 valence electrons. The molecule has 0 aromatic carbocycles. The molecule has 12 heavy (non-hydrogen) atoms. The van der Waals surface area contributed by atoms with Gasteiger partial charge in [0.2, 0.25) is 0 Å². The van der Waals surface area contributed by atoms with Crippen molar-refractivity contribution in [2.75, 3.05) is 0 Å². The normalized spacial score (nSPS) is 11.7. The van der Waals surface area contributed by atoms with Crippen molar-refractivity contribution >= 4 is 41.8 Å². The van der Waals surface area contributed by atoms with Gasteiger partial charge in [0.05, 0.1) is 0 Å². The zero-order chi connectivity index (χ0) is 9.61. The fourth-order valence-corrected chi connectivity index (χ4v) is 5.29. The van der Waals surface area contributed by atoms with E-state index in [4.69, 9.17) is 26.8 Å². The maximum atomic E-state index is 5.79. The van der Waals surface area contributed by atoms with Crippen molar-refractivity contribution in [1.29, 1.82) is 0 Å². The summed E-state index contributed by atoms with van der Waals surface area (Å²) in [5.74, 6) is 0.364. The molecule has 0 radical (unpaired) electrons. The van der Waals surface area contributed by atoms with Crippen molar-refractivity contribution in [3.05, 3.63) is 25.3 Å². The Hall–Kier alpha value is 1.15. The molecule has 0 spiro atoms. The van der Waals surface area contributed by atoms with E-state index in [1.54, 1.807) is 0 Å². The van der Waals surface area contributed by atoms with E-state index in [0.717, 1.165) is 17.3 Å². The van der Waals surface area contributed by atoms with Crippen LogP contribution in [0, 0.1) is 5.92 Å². The first-order valence-electron chi connectivity index (χ1n) is 3.81. The van der Waals surface area contributed by atoms with Crippen molar-refractivity contribution in [2.45, 2.75) is 17.3 Å². The minimum absolute atomic E-state index is 0.364. The van der Waals surface area contributed by atoms with Crippen LogP contribution in [0.25, 0.3) is 0 Å². The zero-order valence-corrected chi connectivity index (χ0v) is 12.0. The van der Waals surface area contributed by atoms with E-state index in [0.29, 0.717) is 5.92 Å². The third kappa shape index (κ3) is 7.78. The van der Waals surface area contributed by atoms with Crippen LogP contribution in [0.5, 0.6) is 0 Å². The van der Waals surface area contributed by atoms with Crippen molar-refractivity contribution < 1.29 is 0 Å². The summed E-state index contributed by atoms with van der Waals surface area (Å²) in [6.07, 6.45) is 5.72. The molecule has 0 saturated heterocycles. The molecule has 0 aliphatic heterocycles. The van der Waals surface area contributed by atoms with Crippen molar-refractivity contribution in [2.24, 2.45) is 5.92 Å². The summed E-state index contributed by atoms with van der Waals surface area (Å²) in [4.78, 5) is 0. The van der Waals surface area contributed by atoms with Crippen LogP contribution < -0.4 is 0 Å². The Morgan fingerprint density at radius 3 is 2.00 bits per heavy atom. The summed E-state index contributed by atoms with van der Waals surface area (Å²) in [5.41, 5.74) is 0. The van der Waals surface area contributed by atoms with Crippen molar-refractivity contribution in [3.63, 3.8) is 0 Å². The molecule has 0 aromatic rings. The molecule has 0 aliphatic rings. The number of allylic oxidation sites excluding steroid dienone is 2. The molecular formula is C8H13Cl3Sn. The molecule has 0 fully saturated rings. The Morgan fingerprint density at radius 1 is 1.17 bits per heavy atom. The van der Waals surface area contributed by atoms with Gasteiger partial charge < -0.3 is 0 Å². The molecule has 0 heterocycles. The summed E-state index contributed by atoms with van der Waals surface area (Å²) < 4.78 is 0.789. The molecule has 0 bridgehead atoms. The van der Waals surface area contributed by atoms with Crippen molar-refractivity contribution in [1.82, 2.24) is 0 Å². The molecule has 0 rings (SSSR count). The van der Waals surface area contributed by atoms with Gasteiger partial charge in [0.1, 0.15) is 0 Å². The molecule has 0 nitrogen and oxygen atoms in total. The molecule has 4 heteroatoms. The monoisotopic (exact) mass is 334 g/mol. The first-order chi connectivity index (χ1) is 5.49. The molecular weight excluding hydrogens is 321 g/mol. The van der Waals surface area contributed by atoms with Crippen LogP contribution >= 0.6 is 26.8 Å². The van der Waals surface area contributed by atoms with Gasteiger partial charge in [-0.1, -0.05) is 0 Å². The summed E-state index contributed by atoms with van der Waals surface area (Å²) in [6, 6.07) is 0. The van der Waals surface area contributed by atoms with E-state index in [2.05, 4.69) is 13.2 Å². The fraction of sp³-hybridized carbons (Fsp3) is 0.500. The van der Waals surface area contributed by atoms with E-state index in [1.807, 2.05) is 12.2 Å². The van der Waals surface area contributed by atoms with Crippen LogP contribution in [0.1, 0.15) is 12.8 Å². The molecule has 0 atom stereocenters. The maximum absolute atomic E-state index is 5.79. The Morgan fingerprint density at radius 2 is 1.67 bits per heavy atom. The second-order valence-corrected chi connectivity index (χ2v) is 24.5. The molecule has 0 amide bonds. The topological polar surface area (TPSA) is 0 Å². The Balaban J connectivity index is 3.55. The number of rotatable bonds is 6. The van der Waals surface area contributed by atoms with E-state index in [-0.39, 0.29) is 0 Å². The quantitative estimate of drug-likeness (QED) is 0.499. The Bertz CT molecular complexity index is 143. The summed E-state index contributed by atoms with van der Waals surface area (Å²) in [7, 11) is 17.4. The van der Waals surface area contributed by atoms with Gasteiger partial charge >= 0.3 is 90.3 Å². The molecule has 0 unspecified atom stereocenters. The third-order valence-corrected chi connectivity index (χ3v) is 8.03. The van der Waals surface area contributed by atoms with Crippen LogP contribution in [0.2, 0.25) is 4.44 Å². The SMILES string of the molecule is C=CC(C=C)CC[CH2][Sn]([Cl])([Cl])[Cl]. The van der Waals surface area contributed by atoms with Gasteiger partial charge in [-0.15, -0.1) is 0 Å². The third-order valence-electron chi connectivity index (χ3n) is 1.60. The predicted octanol–water partition coefficient (Wildman–Crippen LogP) is 4.41. The summed E-state index contributed by atoms with van der Waals surface area (Å²) in [6.45, 7) is 7.39. The van der Waals surface area contributed by atoms with E-state index < -0.39 is 15.0 Å². The average molecular weight is 334 g/mol. The van der Waals surface area contributed by atoms with E-state index >= 15 is 0 Å². The summed E-state index contributed by atoms with van der Waals surface area (Å²) >= 11 is -3.06. The number of halogens is 3. The van der Waals surface area contributed by atoms with Gasteiger partial charge in [-0.3, -0.25) is 0 Å². The van der Waals surface area contributed by atoms with Gasteiger partial charge in [0.25, 0.3) is 0 Å². The number of hydrogen-bond acceptors (Lipinski definition) is 0. The standard InChI is InChI=1S/C8H13.3ClH.Sn/c1-4-7-8(5-2)6-3;;;;/h5-6,8H,1-4,7H2;3*1H;/q;;;;+3/p-3. The van der Waals surface area contributed by atoms with Gasteiger partial charge in [0, 0.05) is 0 Å². The van der Waals surface area contributed by atoms with E-state index in [1.165, 1.54) is 0 Å². The van der Waals surface area contributed by atoms with E-state index in [9.17, 15) is 0 Å². The van der Waals surface area contributed by atoms with Crippen LogP contribution in [0.15, 0.2) is 25.3 Å². The number of hydrogen-bond donors (Lipinski definition) is 0. The molecule has 0 saturated carbocycles. The Labute approximate surface area is 89.6 Å². The first kappa shape index (κ1) is 13.1. The molecule has 0 aromatic heterocycles. The molecule has 0 aliphatic carbocycles. The summed E-state index contributed by atoms with van der Waals surface area (Å²) in [5, 5.41) is 0. The van der Waals surface area contributed by atoms with Crippen LogP contribution in [-0.4, -0.2) is 15.0 Å². The Kier molecular flexibility index (Phi) is 7.21. The second-order valence-electron chi connectivity index (χ2n) is 2.64. The minimum atomic E-state index is -3.06. The second kappa shape index (κ2) is 6.58.